The summed E-state index contributed by atoms with van der Waals surface area (Å²) in [5.74, 6) is -0.745. The van der Waals surface area contributed by atoms with Crippen molar-refractivity contribution in [3.05, 3.63) is 24.2 Å². The average molecular weight is 196 g/mol. The van der Waals surface area contributed by atoms with Crippen LogP contribution in [0.3, 0.4) is 0 Å². The minimum atomic E-state index is -0.789. The molecule has 0 saturated carbocycles. The Bertz CT molecular complexity index is 300. The first kappa shape index (κ1) is 10.5. The van der Waals surface area contributed by atoms with E-state index < -0.39 is 11.8 Å². The number of esters is 1. The quantitative estimate of drug-likeness (QED) is 0.531. The van der Waals surface area contributed by atoms with Crippen molar-refractivity contribution < 1.29 is 18.7 Å². The Hall–Kier alpha value is -1.58. The van der Waals surface area contributed by atoms with Gasteiger partial charge in [0.1, 0.15) is 12.4 Å². The summed E-state index contributed by atoms with van der Waals surface area (Å²) in [5.41, 5.74) is 0. The SMILES string of the molecule is CCCC(=O)C(=O)OCc1ccco1. The molecular formula is C10H12O4. The predicted molar refractivity (Wildman–Crippen MR) is 48.4 cm³/mol. The highest BCUT2D eigenvalue weighted by atomic mass is 16.5. The van der Waals surface area contributed by atoms with Crippen LogP contribution in [-0.4, -0.2) is 11.8 Å². The molecule has 0 fully saturated rings. The molecular weight excluding hydrogens is 184 g/mol. The number of furan rings is 1. The van der Waals surface area contributed by atoms with Crippen molar-refractivity contribution in [3.8, 4) is 0 Å². The molecule has 0 N–H and O–H groups in total. The summed E-state index contributed by atoms with van der Waals surface area (Å²) in [5, 5.41) is 0. The largest absolute Gasteiger partial charge is 0.466 e. The highest BCUT2D eigenvalue weighted by Crippen LogP contribution is 2.02. The van der Waals surface area contributed by atoms with Crippen molar-refractivity contribution in [2.24, 2.45) is 0 Å². The van der Waals surface area contributed by atoms with E-state index in [1.165, 1.54) is 6.26 Å². The maximum absolute atomic E-state index is 11.0. The van der Waals surface area contributed by atoms with E-state index in [4.69, 9.17) is 9.15 Å². The van der Waals surface area contributed by atoms with Gasteiger partial charge in [0, 0.05) is 6.42 Å². The average Bonchev–Trinajstić information content (AvgIpc) is 2.67. The van der Waals surface area contributed by atoms with E-state index in [0.29, 0.717) is 12.2 Å². The molecule has 14 heavy (non-hydrogen) atoms. The Kier molecular flexibility index (Phi) is 3.91. The minimum absolute atomic E-state index is 0.0152. The lowest BCUT2D eigenvalue weighted by molar-refractivity contribution is -0.155. The van der Waals surface area contributed by atoms with Crippen molar-refractivity contribution in [1.82, 2.24) is 0 Å². The molecule has 1 heterocycles. The molecule has 4 nitrogen and oxygen atoms in total. The molecule has 1 aromatic heterocycles. The Balaban J connectivity index is 2.31. The smallest absolute Gasteiger partial charge is 0.375 e. The molecule has 0 aromatic carbocycles. The molecule has 0 unspecified atom stereocenters. The van der Waals surface area contributed by atoms with Crippen molar-refractivity contribution in [2.75, 3.05) is 0 Å². The number of hydrogen-bond acceptors (Lipinski definition) is 4. The summed E-state index contributed by atoms with van der Waals surface area (Å²) in [6.45, 7) is 1.85. The van der Waals surface area contributed by atoms with Gasteiger partial charge in [0.15, 0.2) is 0 Å². The van der Waals surface area contributed by atoms with E-state index in [0.717, 1.165) is 0 Å². The Labute approximate surface area is 81.9 Å². The molecule has 76 valence electrons. The first-order chi connectivity index (χ1) is 6.74. The molecule has 0 aliphatic carbocycles. The van der Waals surface area contributed by atoms with Gasteiger partial charge in [-0.05, 0) is 18.6 Å². The number of carbonyl (C=O) groups excluding carboxylic acids is 2. The second-order valence-electron chi connectivity index (χ2n) is 2.83. The van der Waals surface area contributed by atoms with Crippen molar-refractivity contribution in [2.45, 2.75) is 26.4 Å². The lowest BCUT2D eigenvalue weighted by Gasteiger charge is -2.00. The zero-order chi connectivity index (χ0) is 10.4. The van der Waals surface area contributed by atoms with Crippen molar-refractivity contribution in [1.29, 1.82) is 0 Å². The van der Waals surface area contributed by atoms with Crippen LogP contribution in [-0.2, 0) is 20.9 Å². The molecule has 0 atom stereocenters. The fraction of sp³-hybridized carbons (Fsp3) is 0.400. The Morgan fingerprint density at radius 3 is 2.86 bits per heavy atom. The third-order valence-electron chi connectivity index (χ3n) is 1.63. The van der Waals surface area contributed by atoms with Gasteiger partial charge in [-0.15, -0.1) is 0 Å². The third-order valence-corrected chi connectivity index (χ3v) is 1.63. The summed E-state index contributed by atoms with van der Waals surface area (Å²) in [4.78, 5) is 22.0. The van der Waals surface area contributed by atoms with Crippen LogP contribution in [0.25, 0.3) is 0 Å². The highest BCUT2D eigenvalue weighted by molar-refractivity contribution is 6.33. The molecule has 0 saturated heterocycles. The number of carbonyl (C=O) groups is 2. The van der Waals surface area contributed by atoms with Gasteiger partial charge in [-0.1, -0.05) is 6.92 Å². The van der Waals surface area contributed by atoms with Gasteiger partial charge in [-0.2, -0.15) is 0 Å². The normalized spacial score (nSPS) is 9.79. The molecule has 0 aliphatic heterocycles. The minimum Gasteiger partial charge on any atom is -0.466 e. The number of ketones is 1. The maximum atomic E-state index is 11.0. The molecule has 0 amide bonds. The second-order valence-corrected chi connectivity index (χ2v) is 2.83. The second kappa shape index (κ2) is 5.21. The summed E-state index contributed by atoms with van der Waals surface area (Å²) in [7, 11) is 0. The van der Waals surface area contributed by atoms with Crippen LogP contribution in [0, 0.1) is 0 Å². The topological polar surface area (TPSA) is 56.5 Å². The molecule has 0 aliphatic rings. The summed E-state index contributed by atoms with van der Waals surface area (Å²) in [6.07, 6.45) is 2.36. The third kappa shape index (κ3) is 3.05. The van der Waals surface area contributed by atoms with E-state index in [1.54, 1.807) is 12.1 Å². The van der Waals surface area contributed by atoms with E-state index in [2.05, 4.69) is 0 Å². The van der Waals surface area contributed by atoms with Gasteiger partial charge in [0.25, 0.3) is 0 Å². The highest BCUT2D eigenvalue weighted by Gasteiger charge is 2.14. The van der Waals surface area contributed by atoms with Gasteiger partial charge >= 0.3 is 5.97 Å². The van der Waals surface area contributed by atoms with Crippen LogP contribution in [0.1, 0.15) is 25.5 Å². The number of Topliss-reactive ketones (excluding diaryl/α,β-unsaturated/α-hetero) is 1. The summed E-state index contributed by atoms with van der Waals surface area (Å²) >= 11 is 0. The van der Waals surface area contributed by atoms with Gasteiger partial charge < -0.3 is 9.15 Å². The molecule has 0 radical (unpaired) electrons. The fourth-order valence-electron chi connectivity index (χ4n) is 0.941. The van der Waals surface area contributed by atoms with Crippen LogP contribution in [0.4, 0.5) is 0 Å². The molecule has 4 heteroatoms. The zero-order valence-electron chi connectivity index (χ0n) is 7.99. The van der Waals surface area contributed by atoms with Crippen molar-refractivity contribution >= 4 is 11.8 Å². The van der Waals surface area contributed by atoms with Crippen LogP contribution in [0.5, 0.6) is 0 Å². The van der Waals surface area contributed by atoms with Gasteiger partial charge in [-0.3, -0.25) is 4.79 Å². The summed E-state index contributed by atoms with van der Waals surface area (Å²) in [6, 6.07) is 3.37. The number of rotatable bonds is 5. The van der Waals surface area contributed by atoms with E-state index >= 15 is 0 Å². The van der Waals surface area contributed by atoms with Crippen LogP contribution in [0.2, 0.25) is 0 Å². The van der Waals surface area contributed by atoms with Crippen LogP contribution < -0.4 is 0 Å². The van der Waals surface area contributed by atoms with Gasteiger partial charge in [0.05, 0.1) is 6.26 Å². The van der Waals surface area contributed by atoms with E-state index in [-0.39, 0.29) is 13.0 Å². The Morgan fingerprint density at radius 2 is 2.29 bits per heavy atom. The monoisotopic (exact) mass is 196 g/mol. The fourth-order valence-corrected chi connectivity index (χ4v) is 0.941. The molecule has 0 bridgehead atoms. The number of hydrogen-bond donors (Lipinski definition) is 0. The van der Waals surface area contributed by atoms with E-state index in [1.807, 2.05) is 6.92 Å². The lowest BCUT2D eigenvalue weighted by atomic mass is 10.2. The standard InChI is InChI=1S/C10H12O4/c1-2-4-9(11)10(12)14-7-8-5-3-6-13-8/h3,5-6H,2,4,7H2,1H3. The first-order valence-electron chi connectivity index (χ1n) is 4.46. The Morgan fingerprint density at radius 1 is 1.50 bits per heavy atom. The first-order valence-corrected chi connectivity index (χ1v) is 4.46. The lowest BCUT2D eigenvalue weighted by Crippen LogP contribution is -2.16. The van der Waals surface area contributed by atoms with Gasteiger partial charge in [0.2, 0.25) is 5.78 Å². The molecule has 0 spiro atoms. The zero-order valence-corrected chi connectivity index (χ0v) is 7.99. The molecule has 1 rings (SSSR count). The van der Waals surface area contributed by atoms with Gasteiger partial charge in [-0.25, -0.2) is 4.79 Å². The van der Waals surface area contributed by atoms with E-state index in [9.17, 15) is 9.59 Å². The summed E-state index contributed by atoms with van der Waals surface area (Å²) < 4.78 is 9.65. The van der Waals surface area contributed by atoms with Crippen LogP contribution >= 0.6 is 0 Å². The predicted octanol–water partition coefficient (Wildman–Crippen LogP) is 1.69. The van der Waals surface area contributed by atoms with Crippen molar-refractivity contribution in [3.63, 3.8) is 0 Å². The van der Waals surface area contributed by atoms with Crippen LogP contribution in [0.15, 0.2) is 22.8 Å². The maximum Gasteiger partial charge on any atom is 0.375 e. The number of ether oxygens (including phenoxy) is 1. The molecule has 1 aromatic rings.